The van der Waals surface area contributed by atoms with Crippen LogP contribution in [0.25, 0.3) is 0 Å². The summed E-state index contributed by atoms with van der Waals surface area (Å²) < 4.78 is 2.21. The normalized spacial score (nSPS) is 15.1. The van der Waals surface area contributed by atoms with Crippen LogP contribution in [0.1, 0.15) is 65.2 Å². The average molecular weight is 491 g/mol. The van der Waals surface area contributed by atoms with E-state index in [0.29, 0.717) is 12.2 Å². The summed E-state index contributed by atoms with van der Waals surface area (Å²) in [5.41, 5.74) is 12.7. The number of hydrogen-bond donors (Lipinski definition) is 3. The molecular formula is C28H38N6O2. The maximum Gasteiger partial charge on any atom is 0.304 e. The Morgan fingerprint density at radius 2 is 1.89 bits per heavy atom. The molecule has 0 spiro atoms. The quantitative estimate of drug-likeness (QED) is 0.236. The van der Waals surface area contributed by atoms with Crippen LogP contribution in [0.3, 0.4) is 0 Å². The number of benzene rings is 2. The van der Waals surface area contributed by atoms with Crippen molar-refractivity contribution >= 4 is 17.3 Å². The molecule has 2 aromatic carbocycles. The second kappa shape index (κ2) is 11.1. The van der Waals surface area contributed by atoms with Gasteiger partial charge in [-0.3, -0.25) is 9.69 Å². The lowest BCUT2D eigenvalue weighted by Crippen LogP contribution is -2.30. The Balaban J connectivity index is 1.65. The second-order valence-electron chi connectivity index (χ2n) is 9.97. The van der Waals surface area contributed by atoms with Crippen molar-refractivity contribution in [2.75, 3.05) is 30.9 Å². The number of likely N-dealkylation sites (tertiary alicyclic amines) is 1. The molecule has 2 heterocycles. The molecule has 4 rings (SSSR count). The van der Waals surface area contributed by atoms with Crippen LogP contribution in [0.15, 0.2) is 42.7 Å². The van der Waals surface area contributed by atoms with Gasteiger partial charge in [-0.25, -0.2) is 10.8 Å². The predicted molar refractivity (Wildman–Crippen MR) is 144 cm³/mol. The van der Waals surface area contributed by atoms with Crippen LogP contribution in [0, 0.1) is 13.8 Å². The lowest BCUT2D eigenvalue weighted by molar-refractivity contribution is -0.137. The summed E-state index contributed by atoms with van der Waals surface area (Å²) in [7, 11) is 1.74. The number of rotatable bonds is 9. The maximum atomic E-state index is 11.9. The van der Waals surface area contributed by atoms with E-state index in [-0.39, 0.29) is 12.3 Å². The van der Waals surface area contributed by atoms with E-state index in [1.165, 1.54) is 29.8 Å². The van der Waals surface area contributed by atoms with Crippen LogP contribution in [-0.4, -0.2) is 45.7 Å². The molecule has 8 heteroatoms. The first-order chi connectivity index (χ1) is 17.2. The van der Waals surface area contributed by atoms with Crippen molar-refractivity contribution in [3.05, 3.63) is 76.4 Å². The number of aryl methyl sites for hydroxylation is 1. The fraction of sp³-hybridized carbons (Fsp3) is 0.429. The van der Waals surface area contributed by atoms with Crippen molar-refractivity contribution in [2.24, 2.45) is 5.84 Å². The fourth-order valence-electron chi connectivity index (χ4n) is 5.21. The van der Waals surface area contributed by atoms with Gasteiger partial charge in [-0.15, -0.1) is 0 Å². The van der Waals surface area contributed by atoms with Gasteiger partial charge < -0.3 is 20.4 Å². The SMILES string of the molecule is Cc1ccc(C(CC(=O)O)c2ccc(N(C)N)c(N)c2C)cc1Cn1ccnc1CN1CCCCC1. The number of carbonyl (C=O) groups is 1. The number of imidazole rings is 1. The minimum Gasteiger partial charge on any atom is -0.481 e. The number of nitrogens with two attached hydrogens (primary N) is 2. The van der Waals surface area contributed by atoms with Crippen LogP contribution in [0.2, 0.25) is 0 Å². The molecule has 1 aliphatic rings. The Morgan fingerprint density at radius 3 is 2.58 bits per heavy atom. The zero-order chi connectivity index (χ0) is 25.8. The molecule has 5 N–H and O–H groups in total. The fourth-order valence-corrected chi connectivity index (χ4v) is 5.21. The van der Waals surface area contributed by atoms with E-state index in [4.69, 9.17) is 11.6 Å². The van der Waals surface area contributed by atoms with Gasteiger partial charge in [0.2, 0.25) is 0 Å². The number of aromatic nitrogens is 2. The highest BCUT2D eigenvalue weighted by Crippen LogP contribution is 2.37. The molecular weight excluding hydrogens is 452 g/mol. The van der Waals surface area contributed by atoms with E-state index in [1.807, 2.05) is 37.5 Å². The molecule has 1 aromatic heterocycles. The number of carboxylic acids is 1. The molecule has 1 fully saturated rings. The summed E-state index contributed by atoms with van der Waals surface area (Å²) in [6, 6.07) is 10.1. The molecule has 0 amide bonds. The van der Waals surface area contributed by atoms with Crippen LogP contribution >= 0.6 is 0 Å². The summed E-state index contributed by atoms with van der Waals surface area (Å²) in [6.45, 7) is 7.83. The zero-order valence-corrected chi connectivity index (χ0v) is 21.6. The summed E-state index contributed by atoms with van der Waals surface area (Å²) in [4.78, 5) is 19.0. The Morgan fingerprint density at radius 1 is 1.14 bits per heavy atom. The second-order valence-corrected chi connectivity index (χ2v) is 9.97. The van der Waals surface area contributed by atoms with E-state index in [9.17, 15) is 9.90 Å². The molecule has 192 valence electrons. The van der Waals surface area contributed by atoms with Gasteiger partial charge in [-0.1, -0.05) is 30.7 Å². The Hall–Kier alpha value is -3.36. The van der Waals surface area contributed by atoms with Gasteiger partial charge >= 0.3 is 5.97 Å². The van der Waals surface area contributed by atoms with Crippen LogP contribution < -0.4 is 16.6 Å². The third-order valence-corrected chi connectivity index (χ3v) is 7.40. The van der Waals surface area contributed by atoms with E-state index >= 15 is 0 Å². The maximum absolute atomic E-state index is 11.9. The summed E-state index contributed by atoms with van der Waals surface area (Å²) >= 11 is 0. The largest absolute Gasteiger partial charge is 0.481 e. The standard InChI is InChI=1S/C28H38N6O2/c1-19-7-8-21(24(16-27(35)36)23-9-10-25(32(3)30)28(29)20(23)2)15-22(19)17-34-14-11-31-26(34)18-33-12-5-4-6-13-33/h7-11,14-15,24H,4-6,12-13,16-18,29-30H2,1-3H3,(H,35,36). The highest BCUT2D eigenvalue weighted by atomic mass is 16.4. The van der Waals surface area contributed by atoms with Gasteiger partial charge in [0.25, 0.3) is 0 Å². The molecule has 0 aliphatic carbocycles. The topological polar surface area (TPSA) is 114 Å². The monoisotopic (exact) mass is 490 g/mol. The number of carboxylic acid groups (broad SMARTS) is 1. The third-order valence-electron chi connectivity index (χ3n) is 7.40. The van der Waals surface area contributed by atoms with Crippen molar-refractivity contribution in [3.63, 3.8) is 0 Å². The minimum absolute atomic E-state index is 0.0219. The molecule has 1 saturated heterocycles. The summed E-state index contributed by atoms with van der Waals surface area (Å²) in [5.74, 6) is 5.82. The van der Waals surface area contributed by atoms with E-state index in [1.54, 1.807) is 7.05 Å². The number of aliphatic carboxylic acids is 1. The van der Waals surface area contributed by atoms with Gasteiger partial charge in [0, 0.05) is 31.9 Å². The molecule has 0 saturated carbocycles. The molecule has 3 aromatic rings. The molecule has 0 radical (unpaired) electrons. The van der Waals surface area contributed by atoms with Crippen LogP contribution in [0.5, 0.6) is 0 Å². The molecule has 1 atom stereocenters. The first kappa shape index (κ1) is 25.7. The van der Waals surface area contributed by atoms with Gasteiger partial charge in [-0.05, 0) is 73.7 Å². The van der Waals surface area contributed by atoms with Crippen molar-refractivity contribution in [1.29, 1.82) is 0 Å². The highest BCUT2D eigenvalue weighted by Gasteiger charge is 2.23. The number of nitrogens with zero attached hydrogens (tertiary/aromatic N) is 4. The number of piperidine rings is 1. The first-order valence-corrected chi connectivity index (χ1v) is 12.7. The van der Waals surface area contributed by atoms with E-state index in [0.717, 1.165) is 53.4 Å². The van der Waals surface area contributed by atoms with Crippen molar-refractivity contribution in [3.8, 4) is 0 Å². The van der Waals surface area contributed by atoms with Gasteiger partial charge in [0.1, 0.15) is 5.82 Å². The number of anilines is 2. The molecule has 8 nitrogen and oxygen atoms in total. The van der Waals surface area contributed by atoms with Crippen LogP contribution in [0.4, 0.5) is 11.4 Å². The highest BCUT2D eigenvalue weighted by molar-refractivity contribution is 5.74. The summed E-state index contributed by atoms with van der Waals surface area (Å²) in [6.07, 6.45) is 7.69. The van der Waals surface area contributed by atoms with Crippen molar-refractivity contribution in [2.45, 2.75) is 58.5 Å². The Bertz CT molecular complexity index is 1210. The lowest BCUT2D eigenvalue weighted by atomic mass is 9.84. The van der Waals surface area contributed by atoms with E-state index < -0.39 is 5.97 Å². The lowest BCUT2D eigenvalue weighted by Gasteiger charge is -2.26. The molecule has 36 heavy (non-hydrogen) atoms. The first-order valence-electron chi connectivity index (χ1n) is 12.7. The molecule has 1 aliphatic heterocycles. The number of nitrogen functional groups attached to an aromatic ring is 1. The minimum atomic E-state index is -0.849. The third kappa shape index (κ3) is 5.71. The van der Waals surface area contributed by atoms with Gasteiger partial charge in [0.15, 0.2) is 0 Å². The Labute approximate surface area is 213 Å². The number of hydrazine groups is 1. The van der Waals surface area contributed by atoms with Crippen molar-refractivity contribution in [1.82, 2.24) is 14.5 Å². The smallest absolute Gasteiger partial charge is 0.304 e. The summed E-state index contributed by atoms with van der Waals surface area (Å²) in [5, 5.41) is 11.2. The van der Waals surface area contributed by atoms with Gasteiger partial charge in [-0.2, -0.15) is 0 Å². The van der Waals surface area contributed by atoms with E-state index in [2.05, 4.69) is 33.5 Å². The zero-order valence-electron chi connectivity index (χ0n) is 21.6. The number of hydrogen-bond acceptors (Lipinski definition) is 6. The predicted octanol–water partition coefficient (Wildman–Crippen LogP) is 4.03. The van der Waals surface area contributed by atoms with Crippen LogP contribution in [-0.2, 0) is 17.9 Å². The molecule has 0 bridgehead atoms. The van der Waals surface area contributed by atoms with Gasteiger partial charge in [0.05, 0.1) is 24.3 Å². The molecule has 1 unspecified atom stereocenters. The average Bonchev–Trinajstić information content (AvgIpc) is 3.27. The Kier molecular flexibility index (Phi) is 7.96. The van der Waals surface area contributed by atoms with Crippen molar-refractivity contribution < 1.29 is 9.90 Å².